The van der Waals surface area contributed by atoms with E-state index in [4.69, 9.17) is 15.2 Å². The number of hydrogen-bond donors (Lipinski definition) is 1. The Morgan fingerprint density at radius 3 is 2.32 bits per heavy atom. The van der Waals surface area contributed by atoms with E-state index in [1.807, 2.05) is 0 Å². The average Bonchev–Trinajstić information content (AvgIpc) is 2.33. The van der Waals surface area contributed by atoms with E-state index in [1.54, 1.807) is 13.8 Å². The third-order valence-electron chi connectivity index (χ3n) is 1.74. The van der Waals surface area contributed by atoms with Crippen molar-refractivity contribution in [3.63, 3.8) is 0 Å². The predicted molar refractivity (Wildman–Crippen MR) is 63.9 cm³/mol. The van der Waals surface area contributed by atoms with Crippen molar-refractivity contribution in [2.75, 3.05) is 18.9 Å². The summed E-state index contributed by atoms with van der Waals surface area (Å²) in [6.45, 7) is 3.52. The molecule has 0 aliphatic rings. The van der Waals surface area contributed by atoms with Crippen LogP contribution in [0.25, 0.3) is 0 Å². The van der Waals surface area contributed by atoms with E-state index in [1.165, 1.54) is 12.3 Å². The zero-order valence-electron chi connectivity index (χ0n) is 10.5. The summed E-state index contributed by atoms with van der Waals surface area (Å²) >= 11 is 0. The maximum atomic E-state index is 11.2. The molecule has 0 spiro atoms. The minimum Gasteiger partial charge on any atom is -0.434 e. The highest BCUT2D eigenvalue weighted by Gasteiger charge is 2.16. The molecule has 0 aliphatic carbocycles. The molecule has 1 aromatic rings. The summed E-state index contributed by atoms with van der Waals surface area (Å²) in [6, 6.07) is 1.28. The molecular formula is C11H14N2O6. The van der Waals surface area contributed by atoms with E-state index in [-0.39, 0.29) is 30.5 Å². The molecule has 0 saturated heterocycles. The second-order valence-electron chi connectivity index (χ2n) is 3.14. The highest BCUT2D eigenvalue weighted by Crippen LogP contribution is 2.27. The van der Waals surface area contributed by atoms with Gasteiger partial charge in [0.25, 0.3) is 5.88 Å². The lowest BCUT2D eigenvalue weighted by molar-refractivity contribution is 0.0925. The van der Waals surface area contributed by atoms with Crippen LogP contribution in [-0.4, -0.2) is 30.5 Å². The molecule has 0 unspecified atom stereocenters. The average molecular weight is 270 g/mol. The minimum absolute atomic E-state index is 0.133. The first-order valence-corrected chi connectivity index (χ1v) is 5.51. The zero-order chi connectivity index (χ0) is 14.3. The molecule has 0 atom stereocenters. The van der Waals surface area contributed by atoms with E-state index in [9.17, 15) is 9.59 Å². The molecule has 1 aromatic heterocycles. The van der Waals surface area contributed by atoms with Crippen LogP contribution in [0.2, 0.25) is 0 Å². The number of anilines is 1. The van der Waals surface area contributed by atoms with Gasteiger partial charge in [-0.2, -0.15) is 0 Å². The first-order valence-electron chi connectivity index (χ1n) is 5.51. The fourth-order valence-electron chi connectivity index (χ4n) is 1.06. The molecule has 2 N–H and O–H groups in total. The van der Waals surface area contributed by atoms with Crippen LogP contribution in [0.4, 0.5) is 15.3 Å². The van der Waals surface area contributed by atoms with Gasteiger partial charge in [-0.3, -0.25) is 0 Å². The predicted octanol–water partition coefficient (Wildman–Crippen LogP) is 1.73. The standard InChI is InChI=1S/C11H14N2O6/c1-3-16-10(14)18-8-5-7(12)6-13-9(8)19-11(15)17-4-2/h5-6H,3-4,12H2,1-2H3. The smallest absolute Gasteiger partial charge is 0.434 e. The molecule has 8 nitrogen and oxygen atoms in total. The highest BCUT2D eigenvalue weighted by molar-refractivity contribution is 5.68. The van der Waals surface area contributed by atoms with E-state index in [2.05, 4.69) is 14.5 Å². The van der Waals surface area contributed by atoms with Crippen molar-refractivity contribution >= 4 is 18.0 Å². The van der Waals surface area contributed by atoms with Crippen molar-refractivity contribution < 1.29 is 28.5 Å². The molecule has 0 fully saturated rings. The Hall–Kier alpha value is -2.51. The fraction of sp³-hybridized carbons (Fsp3) is 0.364. The molecular weight excluding hydrogens is 256 g/mol. The van der Waals surface area contributed by atoms with Crippen LogP contribution in [0, 0.1) is 0 Å². The number of carbonyl (C=O) groups excluding carboxylic acids is 2. The molecule has 19 heavy (non-hydrogen) atoms. The topological polar surface area (TPSA) is 110 Å². The van der Waals surface area contributed by atoms with E-state index in [0.29, 0.717) is 0 Å². The maximum absolute atomic E-state index is 11.2. The largest absolute Gasteiger partial charge is 0.515 e. The Bertz CT molecular complexity index is 462. The Morgan fingerprint density at radius 1 is 1.16 bits per heavy atom. The summed E-state index contributed by atoms with van der Waals surface area (Å²) in [6.07, 6.45) is -0.677. The van der Waals surface area contributed by atoms with Crippen molar-refractivity contribution in [2.45, 2.75) is 13.8 Å². The lowest BCUT2D eigenvalue weighted by atomic mass is 10.4. The number of nitrogen functional groups attached to an aromatic ring is 1. The van der Waals surface area contributed by atoms with Crippen molar-refractivity contribution in [3.05, 3.63) is 12.3 Å². The fourth-order valence-corrected chi connectivity index (χ4v) is 1.06. The van der Waals surface area contributed by atoms with Gasteiger partial charge in [-0.1, -0.05) is 0 Å². The molecule has 1 rings (SSSR count). The number of pyridine rings is 1. The SMILES string of the molecule is CCOC(=O)Oc1cc(N)cnc1OC(=O)OCC. The first-order chi connectivity index (χ1) is 9.06. The van der Waals surface area contributed by atoms with E-state index < -0.39 is 12.3 Å². The lowest BCUT2D eigenvalue weighted by Gasteiger charge is -2.09. The van der Waals surface area contributed by atoms with Crippen LogP contribution in [0.1, 0.15) is 13.8 Å². The quantitative estimate of drug-likeness (QED) is 0.823. The van der Waals surface area contributed by atoms with Crippen LogP contribution in [-0.2, 0) is 9.47 Å². The summed E-state index contributed by atoms with van der Waals surface area (Å²) in [5.74, 6) is -0.368. The molecule has 0 bridgehead atoms. The molecule has 104 valence electrons. The van der Waals surface area contributed by atoms with Gasteiger partial charge in [-0.25, -0.2) is 14.6 Å². The van der Waals surface area contributed by atoms with Gasteiger partial charge in [0, 0.05) is 6.07 Å². The molecule has 1 heterocycles. The number of aromatic nitrogens is 1. The Balaban J connectivity index is 2.85. The second kappa shape index (κ2) is 7.04. The number of hydrogen-bond acceptors (Lipinski definition) is 8. The summed E-state index contributed by atoms with van der Waals surface area (Å²) in [4.78, 5) is 26.1. The van der Waals surface area contributed by atoms with Crippen LogP contribution in [0.15, 0.2) is 12.3 Å². The molecule has 8 heteroatoms. The van der Waals surface area contributed by atoms with Gasteiger partial charge in [0.15, 0.2) is 5.75 Å². The molecule has 0 aliphatic heterocycles. The number of ether oxygens (including phenoxy) is 4. The third kappa shape index (κ3) is 4.70. The minimum atomic E-state index is -0.964. The number of nitrogens with zero attached hydrogens (tertiary/aromatic N) is 1. The second-order valence-corrected chi connectivity index (χ2v) is 3.14. The zero-order valence-corrected chi connectivity index (χ0v) is 10.5. The van der Waals surface area contributed by atoms with Gasteiger partial charge in [-0.05, 0) is 13.8 Å². The molecule has 0 amide bonds. The number of nitrogens with two attached hydrogens (primary N) is 1. The van der Waals surface area contributed by atoms with Crippen LogP contribution < -0.4 is 15.2 Å². The maximum Gasteiger partial charge on any atom is 0.515 e. The van der Waals surface area contributed by atoms with Gasteiger partial charge in [0.1, 0.15) is 0 Å². The monoisotopic (exact) mass is 270 g/mol. The normalized spacial score (nSPS) is 9.58. The van der Waals surface area contributed by atoms with Gasteiger partial charge in [-0.15, -0.1) is 0 Å². The number of rotatable bonds is 4. The Morgan fingerprint density at radius 2 is 1.74 bits per heavy atom. The van der Waals surface area contributed by atoms with Crippen LogP contribution >= 0.6 is 0 Å². The molecule has 0 aromatic carbocycles. The summed E-state index contributed by atoms with van der Waals surface area (Å²) in [7, 11) is 0. The van der Waals surface area contributed by atoms with Crippen LogP contribution in [0.3, 0.4) is 0 Å². The number of carbonyl (C=O) groups is 2. The van der Waals surface area contributed by atoms with Crippen LogP contribution in [0.5, 0.6) is 11.6 Å². The molecule has 0 saturated carbocycles. The van der Waals surface area contributed by atoms with Crippen molar-refractivity contribution in [1.29, 1.82) is 0 Å². The third-order valence-corrected chi connectivity index (χ3v) is 1.74. The Kier molecular flexibility index (Phi) is 5.39. The highest BCUT2D eigenvalue weighted by atomic mass is 16.7. The van der Waals surface area contributed by atoms with Gasteiger partial charge >= 0.3 is 12.3 Å². The van der Waals surface area contributed by atoms with Crippen molar-refractivity contribution in [2.24, 2.45) is 0 Å². The van der Waals surface area contributed by atoms with Gasteiger partial charge < -0.3 is 24.7 Å². The van der Waals surface area contributed by atoms with Gasteiger partial charge in [0.05, 0.1) is 25.1 Å². The Labute approximate surface area is 109 Å². The van der Waals surface area contributed by atoms with E-state index in [0.717, 1.165) is 0 Å². The van der Waals surface area contributed by atoms with E-state index >= 15 is 0 Å². The first kappa shape index (κ1) is 14.6. The van der Waals surface area contributed by atoms with Gasteiger partial charge in [0.2, 0.25) is 0 Å². The summed E-state index contributed by atoms with van der Waals surface area (Å²) in [5.41, 5.74) is 5.73. The summed E-state index contributed by atoms with van der Waals surface area (Å²) < 4.78 is 18.7. The summed E-state index contributed by atoms with van der Waals surface area (Å²) in [5, 5.41) is 0. The molecule has 0 radical (unpaired) electrons. The van der Waals surface area contributed by atoms with Crippen molar-refractivity contribution in [1.82, 2.24) is 4.98 Å². The van der Waals surface area contributed by atoms with Crippen molar-refractivity contribution in [3.8, 4) is 11.6 Å². The lowest BCUT2D eigenvalue weighted by Crippen LogP contribution is -2.15.